The highest BCUT2D eigenvalue weighted by Crippen LogP contribution is 2.22. The van der Waals surface area contributed by atoms with E-state index in [0.29, 0.717) is 12.1 Å². The molecule has 1 aromatic carbocycles. The molecule has 0 bridgehead atoms. The second-order valence-electron chi connectivity index (χ2n) is 4.64. The minimum absolute atomic E-state index is 0.00853. The Morgan fingerprint density at radius 1 is 1.58 bits per heavy atom. The topological polar surface area (TPSA) is 68.2 Å². The van der Waals surface area contributed by atoms with Crippen LogP contribution in [0.2, 0.25) is 0 Å². The number of benzene rings is 1. The number of carbonyl (C=O) groups excluding carboxylic acids is 1. The minimum atomic E-state index is -0.203. The number of rotatable bonds is 2. The Bertz CT molecular complexity index is 521. The highest BCUT2D eigenvalue weighted by Gasteiger charge is 2.28. The summed E-state index contributed by atoms with van der Waals surface area (Å²) in [5, 5.41) is 14.9. The largest absolute Gasteiger partial charge is 0.357 e. The molecule has 1 aliphatic rings. The Kier molecular flexibility index (Phi) is 4.03. The van der Waals surface area contributed by atoms with E-state index < -0.39 is 0 Å². The van der Waals surface area contributed by atoms with E-state index in [4.69, 9.17) is 5.26 Å². The smallest absolute Gasteiger partial charge is 0.243 e. The summed E-state index contributed by atoms with van der Waals surface area (Å²) in [5.74, 6) is 0.00853. The lowest BCUT2D eigenvalue weighted by atomic mass is 10.1. The second-order valence-corrected chi connectivity index (χ2v) is 4.64. The molecule has 100 valence electrons. The first-order valence-corrected chi connectivity index (χ1v) is 6.37. The molecule has 1 atom stereocenters. The average molecular weight is 258 g/mol. The summed E-state index contributed by atoms with van der Waals surface area (Å²) >= 11 is 0. The Balaban J connectivity index is 2.30. The van der Waals surface area contributed by atoms with E-state index >= 15 is 0 Å². The number of likely N-dealkylation sites (N-methyl/N-ethyl adjacent to an activating group) is 1. The fourth-order valence-corrected chi connectivity index (χ4v) is 2.37. The van der Waals surface area contributed by atoms with Gasteiger partial charge in [-0.2, -0.15) is 5.26 Å². The molecule has 1 aliphatic heterocycles. The lowest BCUT2D eigenvalue weighted by Crippen LogP contribution is -2.57. The van der Waals surface area contributed by atoms with Crippen molar-refractivity contribution >= 4 is 11.6 Å². The first-order valence-electron chi connectivity index (χ1n) is 6.37. The van der Waals surface area contributed by atoms with Gasteiger partial charge in [-0.05, 0) is 30.7 Å². The molecule has 0 saturated carbocycles. The normalized spacial score (nSPS) is 18.8. The van der Waals surface area contributed by atoms with Crippen molar-refractivity contribution in [2.24, 2.45) is 0 Å². The van der Waals surface area contributed by atoms with Gasteiger partial charge in [-0.15, -0.1) is 0 Å². The maximum Gasteiger partial charge on any atom is 0.243 e. The predicted octanol–water partition coefficient (Wildman–Crippen LogP) is 0.391. The zero-order chi connectivity index (χ0) is 13.8. The number of hydrogen-bond acceptors (Lipinski definition) is 4. The van der Waals surface area contributed by atoms with Gasteiger partial charge in [0.2, 0.25) is 5.91 Å². The molecule has 1 heterocycles. The van der Waals surface area contributed by atoms with Crippen LogP contribution < -0.4 is 15.5 Å². The molecule has 5 heteroatoms. The number of aryl methyl sites for hydroxylation is 1. The van der Waals surface area contributed by atoms with Gasteiger partial charge in [-0.25, -0.2) is 0 Å². The van der Waals surface area contributed by atoms with Gasteiger partial charge in [-0.1, -0.05) is 0 Å². The van der Waals surface area contributed by atoms with Gasteiger partial charge < -0.3 is 15.5 Å². The van der Waals surface area contributed by atoms with Crippen LogP contribution in [0.1, 0.15) is 11.1 Å². The summed E-state index contributed by atoms with van der Waals surface area (Å²) in [6.45, 7) is 4.19. The van der Waals surface area contributed by atoms with Crippen LogP contribution in [0.25, 0.3) is 0 Å². The molecule has 1 aromatic rings. The summed E-state index contributed by atoms with van der Waals surface area (Å²) in [6, 6.07) is 7.65. The number of piperazine rings is 1. The molecular formula is C14H18N4O. The molecule has 19 heavy (non-hydrogen) atoms. The van der Waals surface area contributed by atoms with Crippen LogP contribution in [0, 0.1) is 18.3 Å². The fourth-order valence-electron chi connectivity index (χ4n) is 2.37. The molecule has 0 radical (unpaired) electrons. The Labute approximate surface area is 113 Å². The van der Waals surface area contributed by atoms with Crippen LogP contribution in [-0.4, -0.2) is 38.6 Å². The minimum Gasteiger partial charge on any atom is -0.357 e. The van der Waals surface area contributed by atoms with Crippen molar-refractivity contribution in [2.75, 3.05) is 31.6 Å². The third-order valence-electron chi connectivity index (χ3n) is 3.45. The Morgan fingerprint density at radius 2 is 2.37 bits per heavy atom. The number of carbonyl (C=O) groups is 1. The van der Waals surface area contributed by atoms with Gasteiger partial charge in [0.25, 0.3) is 0 Å². The molecule has 2 N–H and O–H groups in total. The van der Waals surface area contributed by atoms with Gasteiger partial charge in [0, 0.05) is 32.4 Å². The molecule has 1 saturated heterocycles. The monoisotopic (exact) mass is 258 g/mol. The van der Waals surface area contributed by atoms with Crippen LogP contribution in [-0.2, 0) is 4.79 Å². The first kappa shape index (κ1) is 13.4. The third-order valence-corrected chi connectivity index (χ3v) is 3.45. The standard InChI is InChI=1S/C14H18N4O/c1-10-7-12(4-3-11(10)8-15)18-6-5-17-9-13(18)14(19)16-2/h3-4,7,13,17H,5-6,9H2,1-2H3,(H,16,19). The number of nitrogens with zero attached hydrogens (tertiary/aromatic N) is 2. The van der Waals surface area contributed by atoms with E-state index in [1.54, 1.807) is 7.05 Å². The first-order chi connectivity index (χ1) is 9.17. The molecule has 1 unspecified atom stereocenters. The molecule has 1 fully saturated rings. The Morgan fingerprint density at radius 3 is 3.00 bits per heavy atom. The molecule has 0 aromatic heterocycles. The highest BCUT2D eigenvalue weighted by atomic mass is 16.2. The van der Waals surface area contributed by atoms with Gasteiger partial charge in [0.05, 0.1) is 11.6 Å². The zero-order valence-corrected chi connectivity index (χ0v) is 11.2. The number of anilines is 1. The van der Waals surface area contributed by atoms with Crippen molar-refractivity contribution < 1.29 is 4.79 Å². The number of nitriles is 1. The SMILES string of the molecule is CNC(=O)C1CNCCN1c1ccc(C#N)c(C)c1. The summed E-state index contributed by atoms with van der Waals surface area (Å²) in [5.41, 5.74) is 2.61. The van der Waals surface area contributed by atoms with Crippen molar-refractivity contribution in [1.29, 1.82) is 5.26 Å². The summed E-state index contributed by atoms with van der Waals surface area (Å²) in [6.07, 6.45) is 0. The molecular weight excluding hydrogens is 240 g/mol. The lowest BCUT2D eigenvalue weighted by Gasteiger charge is -2.36. The summed E-state index contributed by atoms with van der Waals surface area (Å²) in [4.78, 5) is 14.0. The molecule has 0 aliphatic carbocycles. The third kappa shape index (κ3) is 2.69. The highest BCUT2D eigenvalue weighted by molar-refractivity contribution is 5.85. The maximum atomic E-state index is 11.9. The number of amides is 1. The molecule has 1 amide bonds. The van der Waals surface area contributed by atoms with Gasteiger partial charge in [0.15, 0.2) is 0 Å². The van der Waals surface area contributed by atoms with Crippen molar-refractivity contribution in [3.05, 3.63) is 29.3 Å². The predicted molar refractivity (Wildman–Crippen MR) is 74.0 cm³/mol. The van der Waals surface area contributed by atoms with E-state index in [1.807, 2.05) is 25.1 Å². The van der Waals surface area contributed by atoms with Crippen LogP contribution >= 0.6 is 0 Å². The average Bonchev–Trinajstić information content (AvgIpc) is 2.46. The van der Waals surface area contributed by atoms with Crippen LogP contribution in [0.15, 0.2) is 18.2 Å². The maximum absolute atomic E-state index is 11.9. The van der Waals surface area contributed by atoms with Crippen molar-refractivity contribution in [3.8, 4) is 6.07 Å². The van der Waals surface area contributed by atoms with Crippen molar-refractivity contribution in [1.82, 2.24) is 10.6 Å². The van der Waals surface area contributed by atoms with Crippen molar-refractivity contribution in [2.45, 2.75) is 13.0 Å². The lowest BCUT2D eigenvalue weighted by molar-refractivity contribution is -0.122. The van der Waals surface area contributed by atoms with E-state index in [0.717, 1.165) is 24.3 Å². The van der Waals surface area contributed by atoms with Crippen LogP contribution in [0.4, 0.5) is 5.69 Å². The number of hydrogen-bond donors (Lipinski definition) is 2. The van der Waals surface area contributed by atoms with E-state index in [2.05, 4.69) is 21.6 Å². The molecule has 2 rings (SSSR count). The second kappa shape index (κ2) is 5.72. The van der Waals surface area contributed by atoms with Crippen LogP contribution in [0.5, 0.6) is 0 Å². The van der Waals surface area contributed by atoms with Gasteiger partial charge in [0.1, 0.15) is 6.04 Å². The molecule has 5 nitrogen and oxygen atoms in total. The van der Waals surface area contributed by atoms with E-state index in [-0.39, 0.29) is 11.9 Å². The van der Waals surface area contributed by atoms with E-state index in [9.17, 15) is 4.79 Å². The fraction of sp³-hybridized carbons (Fsp3) is 0.429. The summed E-state index contributed by atoms with van der Waals surface area (Å²) < 4.78 is 0. The van der Waals surface area contributed by atoms with Crippen LogP contribution in [0.3, 0.4) is 0 Å². The number of nitrogens with one attached hydrogen (secondary N) is 2. The van der Waals surface area contributed by atoms with Gasteiger partial charge in [-0.3, -0.25) is 4.79 Å². The zero-order valence-electron chi connectivity index (χ0n) is 11.2. The van der Waals surface area contributed by atoms with Crippen molar-refractivity contribution in [3.63, 3.8) is 0 Å². The summed E-state index contributed by atoms with van der Waals surface area (Å²) in [7, 11) is 1.65. The Hall–Kier alpha value is -2.06. The van der Waals surface area contributed by atoms with Gasteiger partial charge >= 0.3 is 0 Å². The quantitative estimate of drug-likeness (QED) is 0.805. The molecule has 0 spiro atoms. The van der Waals surface area contributed by atoms with E-state index in [1.165, 1.54) is 0 Å².